The van der Waals surface area contributed by atoms with Crippen LogP contribution in [0.5, 0.6) is 0 Å². The van der Waals surface area contributed by atoms with Crippen LogP contribution in [0.15, 0.2) is 16.7 Å². The summed E-state index contributed by atoms with van der Waals surface area (Å²) in [7, 11) is 0. The van der Waals surface area contributed by atoms with Crippen molar-refractivity contribution in [2.45, 2.75) is 45.1 Å². The molecular weight excluding hydrogens is 280 g/mol. The number of aromatic nitrogens is 3. The minimum atomic E-state index is 0.00687. The fourth-order valence-corrected chi connectivity index (χ4v) is 3.55. The number of amides is 1. The second kappa shape index (κ2) is 5.26. The maximum absolute atomic E-state index is 12.5. The highest BCUT2D eigenvalue weighted by Gasteiger charge is 2.30. The second-order valence-electron chi connectivity index (χ2n) is 6.23. The van der Waals surface area contributed by atoms with Gasteiger partial charge < -0.3 is 13.9 Å². The number of rotatable bonds is 2. The van der Waals surface area contributed by atoms with Crippen molar-refractivity contribution in [2.75, 3.05) is 13.1 Å². The lowest BCUT2D eigenvalue weighted by molar-refractivity contribution is 0.0677. The molecule has 0 bridgehead atoms. The van der Waals surface area contributed by atoms with E-state index in [4.69, 9.17) is 4.42 Å². The Balaban J connectivity index is 1.44. The van der Waals surface area contributed by atoms with Crippen LogP contribution in [-0.4, -0.2) is 38.7 Å². The third kappa shape index (κ3) is 2.14. The van der Waals surface area contributed by atoms with E-state index in [9.17, 15) is 4.79 Å². The third-order valence-electron chi connectivity index (χ3n) is 4.84. The molecule has 0 aromatic carbocycles. The van der Waals surface area contributed by atoms with E-state index in [1.165, 1.54) is 6.42 Å². The summed E-state index contributed by atoms with van der Waals surface area (Å²) in [5.41, 5.74) is 0.905. The van der Waals surface area contributed by atoms with Gasteiger partial charge in [-0.15, -0.1) is 10.2 Å². The van der Waals surface area contributed by atoms with E-state index in [0.717, 1.165) is 56.1 Å². The Morgan fingerprint density at radius 2 is 2.09 bits per heavy atom. The molecule has 2 aliphatic heterocycles. The van der Waals surface area contributed by atoms with Crippen molar-refractivity contribution in [3.8, 4) is 0 Å². The summed E-state index contributed by atoms with van der Waals surface area (Å²) < 4.78 is 7.60. The van der Waals surface area contributed by atoms with Crippen molar-refractivity contribution in [1.82, 2.24) is 19.7 Å². The molecule has 0 aliphatic carbocycles. The molecule has 6 nitrogen and oxygen atoms in total. The fourth-order valence-electron chi connectivity index (χ4n) is 3.55. The molecule has 0 radical (unpaired) electrons. The van der Waals surface area contributed by atoms with Gasteiger partial charge in [0.2, 0.25) is 0 Å². The molecule has 0 unspecified atom stereocenters. The second-order valence-corrected chi connectivity index (χ2v) is 6.23. The molecule has 116 valence electrons. The SMILES string of the molecule is Cc1ccoc1C(=O)N1CCC(c2nnc3n2CCC3)CC1. The number of hydrogen-bond acceptors (Lipinski definition) is 4. The van der Waals surface area contributed by atoms with Gasteiger partial charge in [0, 0.05) is 37.5 Å². The lowest BCUT2D eigenvalue weighted by Gasteiger charge is -2.31. The van der Waals surface area contributed by atoms with E-state index >= 15 is 0 Å². The first-order valence-electron chi connectivity index (χ1n) is 7.99. The van der Waals surface area contributed by atoms with E-state index in [1.54, 1.807) is 6.26 Å². The van der Waals surface area contributed by atoms with Gasteiger partial charge in [-0.25, -0.2) is 0 Å². The average molecular weight is 300 g/mol. The summed E-state index contributed by atoms with van der Waals surface area (Å²) in [4.78, 5) is 14.4. The van der Waals surface area contributed by atoms with E-state index in [1.807, 2.05) is 17.9 Å². The number of furan rings is 1. The Bertz CT molecular complexity index is 695. The first-order chi connectivity index (χ1) is 10.7. The molecule has 0 saturated carbocycles. The van der Waals surface area contributed by atoms with Crippen LogP contribution in [0.3, 0.4) is 0 Å². The number of hydrogen-bond donors (Lipinski definition) is 0. The number of piperidine rings is 1. The van der Waals surface area contributed by atoms with Crippen molar-refractivity contribution >= 4 is 5.91 Å². The Labute approximate surface area is 129 Å². The van der Waals surface area contributed by atoms with Gasteiger partial charge in [0.05, 0.1) is 6.26 Å². The highest BCUT2D eigenvalue weighted by molar-refractivity contribution is 5.92. The van der Waals surface area contributed by atoms with Crippen LogP contribution in [-0.2, 0) is 13.0 Å². The topological polar surface area (TPSA) is 64.2 Å². The van der Waals surface area contributed by atoms with Crippen molar-refractivity contribution in [3.05, 3.63) is 35.3 Å². The zero-order valence-corrected chi connectivity index (χ0v) is 12.8. The number of nitrogens with zero attached hydrogens (tertiary/aromatic N) is 4. The zero-order valence-electron chi connectivity index (χ0n) is 12.8. The largest absolute Gasteiger partial charge is 0.459 e. The predicted molar refractivity (Wildman–Crippen MR) is 79.7 cm³/mol. The predicted octanol–water partition coefficient (Wildman–Crippen LogP) is 2.15. The smallest absolute Gasteiger partial charge is 0.289 e. The monoisotopic (exact) mass is 300 g/mol. The maximum atomic E-state index is 12.5. The molecule has 6 heteroatoms. The van der Waals surface area contributed by atoms with Crippen LogP contribution in [0.2, 0.25) is 0 Å². The minimum Gasteiger partial charge on any atom is -0.459 e. The number of fused-ring (bicyclic) bond motifs is 1. The average Bonchev–Trinajstić information content (AvgIpc) is 3.23. The standard InChI is InChI=1S/C16H20N4O2/c1-11-6-10-22-14(11)16(21)19-8-4-12(5-9-19)15-18-17-13-3-2-7-20(13)15/h6,10,12H,2-5,7-9H2,1H3. The number of aryl methyl sites for hydroxylation is 2. The van der Waals surface area contributed by atoms with Crippen molar-refractivity contribution in [3.63, 3.8) is 0 Å². The summed E-state index contributed by atoms with van der Waals surface area (Å²) >= 11 is 0. The molecule has 0 N–H and O–H groups in total. The molecule has 1 amide bonds. The number of carbonyl (C=O) groups excluding carboxylic acids is 1. The fraction of sp³-hybridized carbons (Fsp3) is 0.562. The van der Waals surface area contributed by atoms with Crippen LogP contribution in [0.1, 0.15) is 52.9 Å². The normalized spacial score (nSPS) is 18.7. The highest BCUT2D eigenvalue weighted by Crippen LogP contribution is 2.30. The quantitative estimate of drug-likeness (QED) is 0.852. The van der Waals surface area contributed by atoms with Gasteiger partial charge >= 0.3 is 0 Å². The van der Waals surface area contributed by atoms with Crippen LogP contribution in [0.4, 0.5) is 0 Å². The van der Waals surface area contributed by atoms with Gasteiger partial charge in [-0.3, -0.25) is 4.79 Å². The molecule has 4 heterocycles. The highest BCUT2D eigenvalue weighted by atomic mass is 16.3. The van der Waals surface area contributed by atoms with Crippen LogP contribution in [0.25, 0.3) is 0 Å². The lowest BCUT2D eigenvalue weighted by Crippen LogP contribution is -2.38. The Morgan fingerprint density at radius 3 is 2.82 bits per heavy atom. The molecule has 1 saturated heterocycles. The molecule has 2 aromatic heterocycles. The maximum Gasteiger partial charge on any atom is 0.289 e. The molecular formula is C16H20N4O2. The van der Waals surface area contributed by atoms with Crippen molar-refractivity contribution in [2.24, 2.45) is 0 Å². The third-order valence-corrected chi connectivity index (χ3v) is 4.84. The molecule has 2 aromatic rings. The van der Waals surface area contributed by atoms with Crippen molar-refractivity contribution in [1.29, 1.82) is 0 Å². The minimum absolute atomic E-state index is 0.00687. The summed E-state index contributed by atoms with van der Waals surface area (Å²) in [6.45, 7) is 4.46. The summed E-state index contributed by atoms with van der Waals surface area (Å²) in [5, 5.41) is 8.68. The Morgan fingerprint density at radius 1 is 1.27 bits per heavy atom. The number of likely N-dealkylation sites (tertiary alicyclic amines) is 1. The van der Waals surface area contributed by atoms with Gasteiger partial charge in [0.1, 0.15) is 11.6 Å². The zero-order chi connectivity index (χ0) is 15.1. The Hall–Kier alpha value is -2.11. The van der Waals surface area contributed by atoms with Gasteiger partial charge in [-0.1, -0.05) is 0 Å². The van der Waals surface area contributed by atoms with Crippen LogP contribution in [0, 0.1) is 6.92 Å². The molecule has 1 fully saturated rings. The van der Waals surface area contributed by atoms with Gasteiger partial charge in [0.25, 0.3) is 5.91 Å². The van der Waals surface area contributed by atoms with Gasteiger partial charge in [-0.2, -0.15) is 0 Å². The first-order valence-corrected chi connectivity index (χ1v) is 7.99. The molecule has 22 heavy (non-hydrogen) atoms. The molecule has 0 spiro atoms. The molecule has 4 rings (SSSR count). The summed E-state index contributed by atoms with van der Waals surface area (Å²) in [6, 6.07) is 1.83. The lowest BCUT2D eigenvalue weighted by atomic mass is 9.95. The van der Waals surface area contributed by atoms with E-state index in [0.29, 0.717) is 11.7 Å². The van der Waals surface area contributed by atoms with E-state index < -0.39 is 0 Å². The van der Waals surface area contributed by atoms with Crippen LogP contribution < -0.4 is 0 Å². The Kier molecular flexibility index (Phi) is 3.24. The van der Waals surface area contributed by atoms with E-state index in [-0.39, 0.29) is 5.91 Å². The van der Waals surface area contributed by atoms with Crippen LogP contribution >= 0.6 is 0 Å². The summed E-state index contributed by atoms with van der Waals surface area (Å²) in [6.07, 6.45) is 5.69. The molecule has 2 aliphatic rings. The van der Waals surface area contributed by atoms with Gasteiger partial charge in [0.15, 0.2) is 5.76 Å². The summed E-state index contributed by atoms with van der Waals surface area (Å²) in [5.74, 6) is 3.14. The number of carbonyl (C=O) groups is 1. The van der Waals surface area contributed by atoms with Crippen molar-refractivity contribution < 1.29 is 9.21 Å². The molecule has 0 atom stereocenters. The first kappa shape index (κ1) is 13.5. The van der Waals surface area contributed by atoms with E-state index in [2.05, 4.69) is 14.8 Å². The van der Waals surface area contributed by atoms with Gasteiger partial charge in [-0.05, 0) is 32.3 Å².